The second-order valence-electron chi connectivity index (χ2n) is 5.45. The highest BCUT2D eigenvalue weighted by atomic mass is 15.3. The number of hydrogen-bond acceptors (Lipinski definition) is 2. The van der Waals surface area contributed by atoms with Crippen molar-refractivity contribution in [2.24, 2.45) is 5.73 Å². The second-order valence-corrected chi connectivity index (χ2v) is 5.45. The van der Waals surface area contributed by atoms with Crippen LogP contribution in [0.3, 0.4) is 0 Å². The molecule has 1 aromatic carbocycles. The molecule has 0 spiro atoms. The summed E-state index contributed by atoms with van der Waals surface area (Å²) in [5, 5.41) is 4.78. The lowest BCUT2D eigenvalue weighted by Crippen LogP contribution is -2.11. The summed E-state index contributed by atoms with van der Waals surface area (Å²) in [5.74, 6) is 0. The molecule has 3 heteroatoms. The number of hydrogen-bond donors (Lipinski definition) is 1. The Hall–Kier alpha value is -1.61. The SMILES string of the molecule is CCc1nn(Cc2cccc(C)c2)c(CC)c1C(C)N. The van der Waals surface area contributed by atoms with Crippen molar-refractivity contribution in [1.29, 1.82) is 0 Å². The van der Waals surface area contributed by atoms with Gasteiger partial charge in [0.2, 0.25) is 0 Å². The molecular weight excluding hydrogens is 246 g/mol. The maximum absolute atomic E-state index is 6.14. The van der Waals surface area contributed by atoms with Crippen LogP contribution in [-0.2, 0) is 19.4 Å². The number of nitrogens with two attached hydrogens (primary N) is 1. The first kappa shape index (κ1) is 14.8. The fourth-order valence-corrected chi connectivity index (χ4v) is 2.84. The van der Waals surface area contributed by atoms with Gasteiger partial charge in [-0.2, -0.15) is 5.10 Å². The van der Waals surface area contributed by atoms with E-state index in [0.717, 1.165) is 25.1 Å². The van der Waals surface area contributed by atoms with E-state index in [1.54, 1.807) is 0 Å². The molecule has 0 aliphatic carbocycles. The van der Waals surface area contributed by atoms with E-state index in [2.05, 4.69) is 49.7 Å². The predicted octanol–water partition coefficient (Wildman–Crippen LogP) is 3.38. The molecule has 0 radical (unpaired) electrons. The summed E-state index contributed by atoms with van der Waals surface area (Å²) in [7, 11) is 0. The number of nitrogens with zero attached hydrogens (tertiary/aromatic N) is 2. The van der Waals surface area contributed by atoms with Crippen LogP contribution in [0, 0.1) is 6.92 Å². The molecule has 2 aromatic rings. The van der Waals surface area contributed by atoms with E-state index >= 15 is 0 Å². The number of benzene rings is 1. The first-order valence-electron chi connectivity index (χ1n) is 7.46. The number of aryl methyl sites for hydroxylation is 2. The molecule has 0 aliphatic rings. The molecule has 0 saturated carbocycles. The van der Waals surface area contributed by atoms with Crippen LogP contribution in [0.5, 0.6) is 0 Å². The zero-order chi connectivity index (χ0) is 14.7. The summed E-state index contributed by atoms with van der Waals surface area (Å²) in [6, 6.07) is 8.65. The molecule has 1 atom stereocenters. The minimum absolute atomic E-state index is 0.0474. The summed E-state index contributed by atoms with van der Waals surface area (Å²) in [6.45, 7) is 9.31. The van der Waals surface area contributed by atoms with Gasteiger partial charge in [-0.1, -0.05) is 43.7 Å². The predicted molar refractivity (Wildman–Crippen MR) is 83.9 cm³/mol. The average Bonchev–Trinajstić information content (AvgIpc) is 2.76. The molecule has 0 fully saturated rings. The van der Waals surface area contributed by atoms with Gasteiger partial charge in [-0.05, 0) is 32.3 Å². The van der Waals surface area contributed by atoms with Crippen molar-refractivity contribution in [3.8, 4) is 0 Å². The topological polar surface area (TPSA) is 43.8 Å². The van der Waals surface area contributed by atoms with E-state index < -0.39 is 0 Å². The monoisotopic (exact) mass is 271 g/mol. The van der Waals surface area contributed by atoms with E-state index in [1.807, 2.05) is 6.92 Å². The summed E-state index contributed by atoms with van der Waals surface area (Å²) in [4.78, 5) is 0. The first-order chi connectivity index (χ1) is 9.56. The number of aromatic nitrogens is 2. The molecule has 1 aromatic heterocycles. The van der Waals surface area contributed by atoms with Gasteiger partial charge in [0.1, 0.15) is 0 Å². The van der Waals surface area contributed by atoms with E-state index in [4.69, 9.17) is 10.8 Å². The molecule has 0 amide bonds. The first-order valence-corrected chi connectivity index (χ1v) is 7.46. The van der Waals surface area contributed by atoms with E-state index in [0.29, 0.717) is 0 Å². The molecule has 1 unspecified atom stereocenters. The zero-order valence-corrected chi connectivity index (χ0v) is 13.0. The summed E-state index contributed by atoms with van der Waals surface area (Å²) < 4.78 is 2.13. The van der Waals surface area contributed by atoms with Gasteiger partial charge in [-0.15, -0.1) is 0 Å². The maximum atomic E-state index is 6.14. The highest BCUT2D eigenvalue weighted by molar-refractivity contribution is 5.31. The molecule has 0 bridgehead atoms. The molecule has 3 nitrogen and oxygen atoms in total. The van der Waals surface area contributed by atoms with Gasteiger partial charge in [-0.3, -0.25) is 4.68 Å². The van der Waals surface area contributed by atoms with E-state index in [9.17, 15) is 0 Å². The van der Waals surface area contributed by atoms with Gasteiger partial charge >= 0.3 is 0 Å². The summed E-state index contributed by atoms with van der Waals surface area (Å²) in [6.07, 6.45) is 1.90. The van der Waals surface area contributed by atoms with Crippen molar-refractivity contribution in [3.63, 3.8) is 0 Å². The Morgan fingerprint density at radius 3 is 2.55 bits per heavy atom. The van der Waals surface area contributed by atoms with Crippen molar-refractivity contribution in [1.82, 2.24) is 9.78 Å². The maximum Gasteiger partial charge on any atom is 0.0672 e. The quantitative estimate of drug-likeness (QED) is 0.906. The minimum Gasteiger partial charge on any atom is -0.324 e. The van der Waals surface area contributed by atoms with Crippen LogP contribution in [0.25, 0.3) is 0 Å². The van der Waals surface area contributed by atoms with Gasteiger partial charge in [0.05, 0.1) is 12.2 Å². The fourth-order valence-electron chi connectivity index (χ4n) is 2.84. The Morgan fingerprint density at radius 1 is 1.25 bits per heavy atom. The standard InChI is InChI=1S/C17H25N3/c1-5-15-17(13(4)18)16(6-2)20(19-15)11-14-9-7-8-12(3)10-14/h7-10,13H,5-6,11,18H2,1-4H3. The molecule has 108 valence electrons. The molecule has 1 heterocycles. The third-order valence-corrected chi connectivity index (χ3v) is 3.71. The smallest absolute Gasteiger partial charge is 0.0672 e. The van der Waals surface area contributed by atoms with Crippen LogP contribution < -0.4 is 5.73 Å². The van der Waals surface area contributed by atoms with Crippen molar-refractivity contribution in [2.45, 2.75) is 53.1 Å². The second kappa shape index (κ2) is 6.23. The van der Waals surface area contributed by atoms with Crippen LogP contribution in [0.4, 0.5) is 0 Å². The molecule has 0 saturated heterocycles. The van der Waals surface area contributed by atoms with Crippen LogP contribution in [0.15, 0.2) is 24.3 Å². The molecule has 0 aliphatic heterocycles. The summed E-state index contributed by atoms with van der Waals surface area (Å²) >= 11 is 0. The largest absolute Gasteiger partial charge is 0.324 e. The van der Waals surface area contributed by atoms with Gasteiger partial charge in [-0.25, -0.2) is 0 Å². The minimum atomic E-state index is 0.0474. The molecule has 2 N–H and O–H groups in total. The van der Waals surface area contributed by atoms with Crippen molar-refractivity contribution >= 4 is 0 Å². The third kappa shape index (κ3) is 2.93. The van der Waals surface area contributed by atoms with Crippen molar-refractivity contribution in [2.75, 3.05) is 0 Å². The molecule has 2 rings (SSSR count). The normalized spacial score (nSPS) is 12.7. The molecule has 20 heavy (non-hydrogen) atoms. The van der Waals surface area contributed by atoms with Crippen LogP contribution in [-0.4, -0.2) is 9.78 Å². The van der Waals surface area contributed by atoms with Crippen LogP contribution in [0.2, 0.25) is 0 Å². The zero-order valence-electron chi connectivity index (χ0n) is 13.0. The Labute approximate surface area is 121 Å². The van der Waals surface area contributed by atoms with Gasteiger partial charge in [0, 0.05) is 17.3 Å². The Balaban J connectivity index is 2.41. The highest BCUT2D eigenvalue weighted by Gasteiger charge is 2.18. The Kier molecular flexibility index (Phi) is 4.61. The highest BCUT2D eigenvalue weighted by Crippen LogP contribution is 2.23. The van der Waals surface area contributed by atoms with E-state index in [1.165, 1.54) is 22.4 Å². The van der Waals surface area contributed by atoms with Gasteiger partial charge < -0.3 is 5.73 Å². The lowest BCUT2D eigenvalue weighted by atomic mass is 10.0. The van der Waals surface area contributed by atoms with Gasteiger partial charge in [0.15, 0.2) is 0 Å². The third-order valence-electron chi connectivity index (χ3n) is 3.71. The van der Waals surface area contributed by atoms with Crippen molar-refractivity contribution < 1.29 is 0 Å². The Bertz CT molecular complexity index is 582. The van der Waals surface area contributed by atoms with Crippen molar-refractivity contribution in [3.05, 3.63) is 52.3 Å². The summed E-state index contributed by atoms with van der Waals surface area (Å²) in [5.41, 5.74) is 12.4. The molecular formula is C17H25N3. The van der Waals surface area contributed by atoms with Gasteiger partial charge in [0.25, 0.3) is 0 Å². The fraction of sp³-hybridized carbons (Fsp3) is 0.471. The van der Waals surface area contributed by atoms with E-state index in [-0.39, 0.29) is 6.04 Å². The van der Waals surface area contributed by atoms with Crippen LogP contribution >= 0.6 is 0 Å². The lowest BCUT2D eigenvalue weighted by molar-refractivity contribution is 0.637. The van der Waals surface area contributed by atoms with Crippen LogP contribution in [0.1, 0.15) is 54.9 Å². The lowest BCUT2D eigenvalue weighted by Gasteiger charge is -2.10. The number of rotatable bonds is 5. The average molecular weight is 271 g/mol. The Morgan fingerprint density at radius 2 is 2.00 bits per heavy atom.